The third-order valence-corrected chi connectivity index (χ3v) is 2.37. The van der Waals surface area contributed by atoms with E-state index < -0.39 is 0 Å². The van der Waals surface area contributed by atoms with Gasteiger partial charge in [-0.2, -0.15) is 0 Å². The molecule has 2 aromatic rings. The highest BCUT2D eigenvalue weighted by Crippen LogP contribution is 2.20. The number of H-pyrrole nitrogens is 1. The van der Waals surface area contributed by atoms with Gasteiger partial charge in [0.05, 0.1) is 0 Å². The van der Waals surface area contributed by atoms with Crippen LogP contribution in [0, 0.1) is 6.92 Å². The molecule has 4 heteroatoms. The summed E-state index contributed by atoms with van der Waals surface area (Å²) in [6.07, 6.45) is 0.736. The maximum atomic E-state index is 10.6. The Hall–Kier alpha value is -1.61. The third kappa shape index (κ3) is 1.92. The van der Waals surface area contributed by atoms with Gasteiger partial charge in [-0.3, -0.25) is 4.79 Å². The van der Waals surface area contributed by atoms with Crippen LogP contribution in [-0.2, 0) is 0 Å². The van der Waals surface area contributed by atoms with Gasteiger partial charge in [-0.1, -0.05) is 23.7 Å². The van der Waals surface area contributed by atoms with Crippen molar-refractivity contribution in [2.75, 3.05) is 0 Å². The van der Waals surface area contributed by atoms with Gasteiger partial charge in [0.25, 0.3) is 0 Å². The minimum Gasteiger partial charge on any atom is -0.341 e. The molecule has 0 fully saturated rings. The van der Waals surface area contributed by atoms with Gasteiger partial charge in [0, 0.05) is 16.3 Å². The van der Waals surface area contributed by atoms with Gasteiger partial charge in [-0.25, -0.2) is 4.98 Å². The standard InChI is InChI=1S/C11H9ClN2O/c1-7-10(6-15)14-11(13-7)8-3-2-4-9(12)5-8/h2-6H,1H3,(H,13,14). The Morgan fingerprint density at radius 2 is 2.27 bits per heavy atom. The van der Waals surface area contributed by atoms with E-state index in [1.807, 2.05) is 19.1 Å². The molecule has 0 saturated heterocycles. The number of hydrogen-bond acceptors (Lipinski definition) is 2. The predicted molar refractivity (Wildman–Crippen MR) is 59.2 cm³/mol. The van der Waals surface area contributed by atoms with Crippen LogP contribution in [0.5, 0.6) is 0 Å². The first kappa shape index (κ1) is 9.93. The first-order valence-electron chi connectivity index (χ1n) is 4.48. The van der Waals surface area contributed by atoms with Crippen molar-refractivity contribution >= 4 is 17.9 Å². The molecule has 0 saturated carbocycles. The molecule has 1 aromatic heterocycles. The van der Waals surface area contributed by atoms with Crippen LogP contribution in [0.4, 0.5) is 0 Å². The van der Waals surface area contributed by atoms with Crippen LogP contribution in [0.2, 0.25) is 5.02 Å². The fourth-order valence-corrected chi connectivity index (χ4v) is 1.55. The number of aldehydes is 1. The fourth-order valence-electron chi connectivity index (χ4n) is 1.36. The summed E-state index contributed by atoms with van der Waals surface area (Å²) in [6.45, 7) is 1.81. The number of benzene rings is 1. The number of aromatic amines is 1. The van der Waals surface area contributed by atoms with Gasteiger partial charge in [0.15, 0.2) is 6.29 Å². The van der Waals surface area contributed by atoms with Crippen molar-refractivity contribution in [3.05, 3.63) is 40.7 Å². The van der Waals surface area contributed by atoms with Gasteiger partial charge >= 0.3 is 0 Å². The van der Waals surface area contributed by atoms with Gasteiger partial charge in [0.2, 0.25) is 0 Å². The predicted octanol–water partition coefficient (Wildman–Crippen LogP) is 2.85. The van der Waals surface area contributed by atoms with E-state index in [0.717, 1.165) is 17.5 Å². The number of imidazole rings is 1. The molecule has 0 aliphatic rings. The van der Waals surface area contributed by atoms with E-state index in [2.05, 4.69) is 9.97 Å². The molecular weight excluding hydrogens is 212 g/mol. The van der Waals surface area contributed by atoms with Crippen molar-refractivity contribution in [1.29, 1.82) is 0 Å². The second-order valence-corrected chi connectivity index (χ2v) is 3.66. The maximum Gasteiger partial charge on any atom is 0.170 e. The Morgan fingerprint density at radius 1 is 1.47 bits per heavy atom. The van der Waals surface area contributed by atoms with Crippen molar-refractivity contribution in [2.24, 2.45) is 0 Å². The molecule has 0 radical (unpaired) electrons. The van der Waals surface area contributed by atoms with E-state index in [9.17, 15) is 4.79 Å². The molecule has 1 aromatic carbocycles. The lowest BCUT2D eigenvalue weighted by molar-refractivity contribution is 0.111. The smallest absolute Gasteiger partial charge is 0.170 e. The number of carbonyl (C=O) groups is 1. The molecule has 0 bridgehead atoms. The number of rotatable bonds is 2. The molecule has 1 N–H and O–H groups in total. The van der Waals surface area contributed by atoms with Crippen LogP contribution in [0.25, 0.3) is 11.4 Å². The topological polar surface area (TPSA) is 45.8 Å². The molecule has 76 valence electrons. The SMILES string of the molecule is Cc1[nH]c(-c2cccc(Cl)c2)nc1C=O. The molecule has 15 heavy (non-hydrogen) atoms. The van der Waals surface area contributed by atoms with Crippen molar-refractivity contribution in [3.8, 4) is 11.4 Å². The van der Waals surface area contributed by atoms with Gasteiger partial charge in [0.1, 0.15) is 11.5 Å². The highest BCUT2D eigenvalue weighted by atomic mass is 35.5. The molecule has 1 heterocycles. The highest BCUT2D eigenvalue weighted by Gasteiger charge is 2.07. The summed E-state index contributed by atoms with van der Waals surface area (Å²) in [5.41, 5.74) is 2.07. The van der Waals surface area contributed by atoms with Crippen molar-refractivity contribution in [1.82, 2.24) is 9.97 Å². The lowest BCUT2D eigenvalue weighted by Crippen LogP contribution is -1.82. The van der Waals surface area contributed by atoms with Crippen molar-refractivity contribution in [3.63, 3.8) is 0 Å². The van der Waals surface area contributed by atoms with Crippen LogP contribution in [0.3, 0.4) is 0 Å². The van der Waals surface area contributed by atoms with E-state index in [1.165, 1.54) is 0 Å². The van der Waals surface area contributed by atoms with Gasteiger partial charge in [-0.05, 0) is 19.1 Å². The zero-order valence-electron chi connectivity index (χ0n) is 8.12. The molecule has 0 spiro atoms. The van der Waals surface area contributed by atoms with E-state index >= 15 is 0 Å². The van der Waals surface area contributed by atoms with Gasteiger partial charge < -0.3 is 4.98 Å². The summed E-state index contributed by atoms with van der Waals surface area (Å²) in [7, 11) is 0. The molecule has 0 aliphatic carbocycles. The maximum absolute atomic E-state index is 10.6. The minimum absolute atomic E-state index is 0.435. The number of nitrogens with one attached hydrogen (secondary N) is 1. The first-order chi connectivity index (χ1) is 7.20. The first-order valence-corrected chi connectivity index (χ1v) is 4.86. The lowest BCUT2D eigenvalue weighted by atomic mass is 10.2. The van der Waals surface area contributed by atoms with Crippen molar-refractivity contribution in [2.45, 2.75) is 6.92 Å². The van der Waals surface area contributed by atoms with E-state index in [4.69, 9.17) is 11.6 Å². The number of aromatic nitrogens is 2. The summed E-state index contributed by atoms with van der Waals surface area (Å²) in [4.78, 5) is 17.8. The van der Waals surface area contributed by atoms with Crippen LogP contribution in [-0.4, -0.2) is 16.3 Å². The Kier molecular flexibility index (Phi) is 2.56. The summed E-state index contributed by atoms with van der Waals surface area (Å²) in [5.74, 6) is 0.664. The Labute approximate surface area is 92.1 Å². The van der Waals surface area contributed by atoms with Crippen LogP contribution in [0.1, 0.15) is 16.2 Å². The molecule has 3 nitrogen and oxygen atoms in total. The summed E-state index contributed by atoms with van der Waals surface area (Å²) < 4.78 is 0. The normalized spacial score (nSPS) is 10.3. The summed E-state index contributed by atoms with van der Waals surface area (Å²) in [5, 5.41) is 0.647. The highest BCUT2D eigenvalue weighted by molar-refractivity contribution is 6.30. The van der Waals surface area contributed by atoms with Crippen molar-refractivity contribution < 1.29 is 4.79 Å². The molecule has 0 aliphatic heterocycles. The second-order valence-electron chi connectivity index (χ2n) is 3.22. The average Bonchev–Trinajstić information content (AvgIpc) is 2.60. The molecule has 0 amide bonds. The summed E-state index contributed by atoms with van der Waals surface area (Å²) >= 11 is 5.86. The molecule has 0 unspecified atom stereocenters. The quantitative estimate of drug-likeness (QED) is 0.791. The Morgan fingerprint density at radius 3 is 2.87 bits per heavy atom. The van der Waals surface area contributed by atoms with Gasteiger partial charge in [-0.15, -0.1) is 0 Å². The number of nitrogens with zero attached hydrogens (tertiary/aromatic N) is 1. The number of aryl methyl sites for hydroxylation is 1. The van der Waals surface area contributed by atoms with Crippen LogP contribution in [0.15, 0.2) is 24.3 Å². The fraction of sp³-hybridized carbons (Fsp3) is 0.0909. The summed E-state index contributed by atoms with van der Waals surface area (Å²) in [6, 6.07) is 7.32. The lowest BCUT2D eigenvalue weighted by Gasteiger charge is -1.96. The number of halogens is 1. The Balaban J connectivity index is 2.49. The molecule has 2 rings (SSSR count). The Bertz CT molecular complexity index is 505. The van der Waals surface area contributed by atoms with Crippen LogP contribution >= 0.6 is 11.6 Å². The van der Waals surface area contributed by atoms with E-state index in [-0.39, 0.29) is 0 Å². The zero-order chi connectivity index (χ0) is 10.8. The number of carbonyl (C=O) groups excluding carboxylic acids is 1. The monoisotopic (exact) mass is 220 g/mol. The molecular formula is C11H9ClN2O. The van der Waals surface area contributed by atoms with E-state index in [1.54, 1.807) is 12.1 Å². The third-order valence-electron chi connectivity index (χ3n) is 2.13. The zero-order valence-corrected chi connectivity index (χ0v) is 8.88. The second kappa shape index (κ2) is 3.87. The average molecular weight is 221 g/mol. The van der Waals surface area contributed by atoms with E-state index in [0.29, 0.717) is 16.5 Å². The largest absolute Gasteiger partial charge is 0.341 e. The van der Waals surface area contributed by atoms with Crippen LogP contribution < -0.4 is 0 Å². The molecule has 0 atom stereocenters. The number of hydrogen-bond donors (Lipinski definition) is 1. The minimum atomic E-state index is 0.435.